The average Bonchev–Trinajstić information content (AvgIpc) is 3.24. The highest BCUT2D eigenvalue weighted by atomic mass is 32.2. The van der Waals surface area contributed by atoms with Crippen LogP contribution in [0, 0.1) is 0 Å². The normalized spacial score (nSPS) is 16.8. The van der Waals surface area contributed by atoms with Gasteiger partial charge in [0.25, 0.3) is 0 Å². The topological polar surface area (TPSA) is 93.7 Å². The zero-order valence-electron chi connectivity index (χ0n) is 18.3. The standard InChI is InChI=1S/C21H34N2O5S2/c1-5-30(25,26)23-18(12-13-29-4)21(24)22-15(2)16-10-11-19(20(14-16)27-3)28-17-8-6-7-9-17/h10-11,14-15,17-18,23H,5-9,12-13H2,1-4H3,(H,22,24). The molecule has 2 unspecified atom stereocenters. The van der Waals surface area contributed by atoms with Crippen molar-refractivity contribution >= 4 is 27.7 Å². The van der Waals surface area contributed by atoms with Gasteiger partial charge < -0.3 is 14.8 Å². The molecule has 1 aromatic carbocycles. The molecule has 9 heteroatoms. The van der Waals surface area contributed by atoms with Crippen molar-refractivity contribution in [3.8, 4) is 11.5 Å². The first kappa shape index (κ1) is 24.8. The molecule has 0 spiro atoms. The molecule has 30 heavy (non-hydrogen) atoms. The molecule has 0 saturated heterocycles. The van der Waals surface area contributed by atoms with Gasteiger partial charge in [0, 0.05) is 0 Å². The van der Waals surface area contributed by atoms with Crippen molar-refractivity contribution in [1.82, 2.24) is 10.0 Å². The summed E-state index contributed by atoms with van der Waals surface area (Å²) in [6.07, 6.45) is 7.07. The van der Waals surface area contributed by atoms with Gasteiger partial charge >= 0.3 is 0 Å². The summed E-state index contributed by atoms with van der Waals surface area (Å²) < 4.78 is 38.0. The number of sulfonamides is 1. The molecule has 0 aromatic heterocycles. The predicted octanol–water partition coefficient (Wildman–Crippen LogP) is 3.25. The number of methoxy groups -OCH3 is 1. The fourth-order valence-corrected chi connectivity index (χ4v) is 4.71. The lowest BCUT2D eigenvalue weighted by atomic mass is 10.1. The summed E-state index contributed by atoms with van der Waals surface area (Å²) in [4.78, 5) is 12.8. The van der Waals surface area contributed by atoms with Gasteiger partial charge in [-0.2, -0.15) is 11.8 Å². The van der Waals surface area contributed by atoms with Gasteiger partial charge in [0.05, 0.1) is 25.0 Å². The number of carbonyl (C=O) groups excluding carboxylic acids is 1. The average molecular weight is 459 g/mol. The number of carbonyl (C=O) groups is 1. The molecule has 0 bridgehead atoms. The van der Waals surface area contributed by atoms with E-state index in [0.717, 1.165) is 18.4 Å². The molecular formula is C21H34N2O5S2. The number of rotatable bonds is 12. The quantitative estimate of drug-likeness (QED) is 0.499. The second kappa shape index (κ2) is 11.8. The molecule has 1 aliphatic rings. The maximum atomic E-state index is 12.8. The zero-order valence-corrected chi connectivity index (χ0v) is 19.9. The molecule has 1 aromatic rings. The van der Waals surface area contributed by atoms with Crippen LogP contribution < -0.4 is 19.5 Å². The summed E-state index contributed by atoms with van der Waals surface area (Å²) in [6.45, 7) is 3.42. The number of hydrogen-bond acceptors (Lipinski definition) is 6. The third-order valence-corrected chi connectivity index (χ3v) is 7.32. The second-order valence-electron chi connectivity index (χ2n) is 7.52. The van der Waals surface area contributed by atoms with Gasteiger partial charge in [0.2, 0.25) is 15.9 Å². The van der Waals surface area contributed by atoms with Crippen molar-refractivity contribution in [1.29, 1.82) is 0 Å². The molecule has 2 rings (SSSR count). The maximum absolute atomic E-state index is 12.8. The molecule has 2 N–H and O–H groups in total. The van der Waals surface area contributed by atoms with Crippen LogP contribution in [0.4, 0.5) is 0 Å². The maximum Gasteiger partial charge on any atom is 0.238 e. The number of benzene rings is 1. The van der Waals surface area contributed by atoms with Gasteiger partial charge in [-0.3, -0.25) is 4.79 Å². The number of amides is 1. The summed E-state index contributed by atoms with van der Waals surface area (Å²) in [5.74, 6) is 1.62. The van der Waals surface area contributed by atoms with E-state index >= 15 is 0 Å². The number of nitrogens with one attached hydrogen (secondary N) is 2. The van der Waals surface area contributed by atoms with Gasteiger partial charge in [-0.25, -0.2) is 13.1 Å². The van der Waals surface area contributed by atoms with E-state index in [0.29, 0.717) is 23.7 Å². The Hall–Kier alpha value is -1.45. The minimum Gasteiger partial charge on any atom is -0.493 e. The molecular weight excluding hydrogens is 424 g/mol. The van der Waals surface area contributed by atoms with Gasteiger partial charge in [-0.15, -0.1) is 0 Å². The third kappa shape index (κ3) is 7.35. The monoisotopic (exact) mass is 458 g/mol. The van der Waals surface area contributed by atoms with Crippen LogP contribution in [0.1, 0.15) is 57.6 Å². The Labute approximate surface area is 184 Å². The highest BCUT2D eigenvalue weighted by Crippen LogP contribution is 2.33. The van der Waals surface area contributed by atoms with Crippen LogP contribution in [-0.4, -0.2) is 51.3 Å². The van der Waals surface area contributed by atoms with E-state index in [1.807, 2.05) is 31.4 Å². The Morgan fingerprint density at radius 3 is 2.57 bits per heavy atom. The highest BCUT2D eigenvalue weighted by molar-refractivity contribution is 7.98. The molecule has 0 aliphatic heterocycles. The minimum absolute atomic E-state index is 0.0642. The van der Waals surface area contributed by atoms with Gasteiger partial charge in [0.1, 0.15) is 6.04 Å². The Morgan fingerprint density at radius 1 is 1.27 bits per heavy atom. The summed E-state index contributed by atoms with van der Waals surface area (Å²) >= 11 is 1.57. The SMILES string of the molecule is CCS(=O)(=O)NC(CCSC)C(=O)NC(C)c1ccc(OC2CCCC2)c(OC)c1. The van der Waals surface area contributed by atoms with Gasteiger partial charge in [0.15, 0.2) is 11.5 Å². The summed E-state index contributed by atoms with van der Waals surface area (Å²) in [7, 11) is -1.88. The lowest BCUT2D eigenvalue weighted by Gasteiger charge is -2.22. The van der Waals surface area contributed by atoms with E-state index in [4.69, 9.17) is 9.47 Å². The molecule has 1 aliphatic carbocycles. The lowest BCUT2D eigenvalue weighted by Crippen LogP contribution is -2.48. The van der Waals surface area contributed by atoms with E-state index in [2.05, 4.69) is 10.0 Å². The van der Waals surface area contributed by atoms with Crippen molar-refractivity contribution in [3.63, 3.8) is 0 Å². The van der Waals surface area contributed by atoms with E-state index in [1.165, 1.54) is 12.8 Å². The fraction of sp³-hybridized carbons (Fsp3) is 0.667. The Balaban J connectivity index is 2.08. The van der Waals surface area contributed by atoms with Crippen LogP contribution in [0.3, 0.4) is 0 Å². The van der Waals surface area contributed by atoms with E-state index < -0.39 is 16.1 Å². The first-order valence-electron chi connectivity index (χ1n) is 10.4. The molecule has 1 amide bonds. The van der Waals surface area contributed by atoms with Crippen LogP contribution in [-0.2, 0) is 14.8 Å². The first-order valence-corrected chi connectivity index (χ1v) is 13.5. The van der Waals surface area contributed by atoms with E-state index in [-0.39, 0.29) is 23.8 Å². The highest BCUT2D eigenvalue weighted by Gasteiger charge is 2.25. The van der Waals surface area contributed by atoms with Crippen molar-refractivity contribution in [2.45, 2.75) is 64.1 Å². The van der Waals surface area contributed by atoms with Crippen LogP contribution in [0.5, 0.6) is 11.5 Å². The molecule has 1 fully saturated rings. The van der Waals surface area contributed by atoms with Crippen molar-refractivity contribution in [2.24, 2.45) is 0 Å². The van der Waals surface area contributed by atoms with Crippen LogP contribution in [0.25, 0.3) is 0 Å². The number of thioether (sulfide) groups is 1. The third-order valence-electron chi connectivity index (χ3n) is 5.27. The first-order chi connectivity index (χ1) is 14.3. The van der Waals surface area contributed by atoms with Crippen molar-refractivity contribution in [2.75, 3.05) is 24.9 Å². The van der Waals surface area contributed by atoms with Crippen LogP contribution >= 0.6 is 11.8 Å². The summed E-state index contributed by atoms with van der Waals surface area (Å²) in [5.41, 5.74) is 0.862. The zero-order chi connectivity index (χ0) is 22.1. The Morgan fingerprint density at radius 2 is 1.97 bits per heavy atom. The number of ether oxygens (including phenoxy) is 2. The summed E-state index contributed by atoms with van der Waals surface area (Å²) in [6, 6.07) is 4.54. The lowest BCUT2D eigenvalue weighted by molar-refractivity contribution is -0.123. The van der Waals surface area contributed by atoms with Crippen molar-refractivity contribution in [3.05, 3.63) is 23.8 Å². The molecule has 7 nitrogen and oxygen atoms in total. The minimum atomic E-state index is -3.48. The Kier molecular flexibility index (Phi) is 9.77. The smallest absolute Gasteiger partial charge is 0.238 e. The van der Waals surface area contributed by atoms with E-state index in [1.54, 1.807) is 25.8 Å². The largest absolute Gasteiger partial charge is 0.493 e. The molecule has 1 saturated carbocycles. The van der Waals surface area contributed by atoms with Gasteiger partial charge in [-0.05, 0) is 75.7 Å². The molecule has 0 heterocycles. The number of hydrogen-bond donors (Lipinski definition) is 2. The van der Waals surface area contributed by atoms with Gasteiger partial charge in [-0.1, -0.05) is 6.07 Å². The summed E-state index contributed by atoms with van der Waals surface area (Å²) in [5, 5.41) is 2.92. The van der Waals surface area contributed by atoms with E-state index in [9.17, 15) is 13.2 Å². The van der Waals surface area contributed by atoms with Crippen molar-refractivity contribution < 1.29 is 22.7 Å². The molecule has 170 valence electrons. The molecule has 2 atom stereocenters. The predicted molar refractivity (Wildman–Crippen MR) is 122 cm³/mol. The molecule has 0 radical (unpaired) electrons. The second-order valence-corrected chi connectivity index (χ2v) is 10.5. The van der Waals surface area contributed by atoms with Crippen LogP contribution in [0.2, 0.25) is 0 Å². The van der Waals surface area contributed by atoms with Crippen LogP contribution in [0.15, 0.2) is 18.2 Å². The fourth-order valence-electron chi connectivity index (χ4n) is 3.41. The Bertz CT molecular complexity index is 795.